The summed E-state index contributed by atoms with van der Waals surface area (Å²) in [7, 11) is 0. The Morgan fingerprint density at radius 1 is 1.19 bits per heavy atom. The number of hydrogen-bond acceptors (Lipinski definition) is 4. The summed E-state index contributed by atoms with van der Waals surface area (Å²) >= 11 is 0. The Morgan fingerprint density at radius 2 is 2.04 bits per heavy atom. The molecule has 1 amide bonds. The molecule has 2 heterocycles. The fraction of sp³-hybridized carbons (Fsp3) is 0.350. The average Bonchev–Trinajstić information content (AvgIpc) is 3.23. The summed E-state index contributed by atoms with van der Waals surface area (Å²) < 4.78 is 20.0. The summed E-state index contributed by atoms with van der Waals surface area (Å²) in [4.78, 5) is 16.1. The fourth-order valence-corrected chi connectivity index (χ4v) is 3.57. The Hall–Kier alpha value is -2.96. The van der Waals surface area contributed by atoms with Crippen molar-refractivity contribution in [3.8, 4) is 5.75 Å². The first-order valence-corrected chi connectivity index (χ1v) is 9.18. The van der Waals surface area contributed by atoms with Gasteiger partial charge in [-0.3, -0.25) is 14.9 Å². The van der Waals surface area contributed by atoms with Crippen LogP contribution < -0.4 is 10.1 Å². The van der Waals surface area contributed by atoms with Crippen LogP contribution in [0.15, 0.2) is 42.7 Å². The number of aromatic nitrogens is 3. The van der Waals surface area contributed by atoms with Crippen molar-refractivity contribution in [3.05, 3.63) is 54.2 Å². The lowest BCUT2D eigenvalue weighted by Gasteiger charge is -2.29. The third-order valence-corrected chi connectivity index (χ3v) is 5.07. The monoisotopic (exact) mass is 368 g/mol. The minimum absolute atomic E-state index is 0.0958. The summed E-state index contributed by atoms with van der Waals surface area (Å²) in [6, 6.07) is 8.35. The number of fused-ring (bicyclic) bond motifs is 1. The van der Waals surface area contributed by atoms with E-state index in [4.69, 9.17) is 4.74 Å². The summed E-state index contributed by atoms with van der Waals surface area (Å²) in [6.07, 6.45) is 7.01. The summed E-state index contributed by atoms with van der Waals surface area (Å²) in [5, 5.41) is 10.1. The maximum Gasteiger partial charge on any atom is 0.269 e. The van der Waals surface area contributed by atoms with Crippen molar-refractivity contribution < 1.29 is 13.9 Å². The molecule has 0 aliphatic heterocycles. The molecular formula is C20H21FN4O2. The lowest BCUT2D eigenvalue weighted by atomic mass is 9.87. The van der Waals surface area contributed by atoms with Gasteiger partial charge < -0.3 is 10.1 Å². The van der Waals surface area contributed by atoms with Crippen LogP contribution in [-0.2, 0) is 0 Å². The number of hydrogen-bond donors (Lipinski definition) is 2. The normalized spacial score (nSPS) is 19.7. The highest BCUT2D eigenvalue weighted by Crippen LogP contribution is 2.31. The molecule has 1 saturated carbocycles. The predicted molar refractivity (Wildman–Crippen MR) is 99.0 cm³/mol. The van der Waals surface area contributed by atoms with Gasteiger partial charge in [0.05, 0.1) is 6.10 Å². The van der Waals surface area contributed by atoms with Gasteiger partial charge in [0.2, 0.25) is 0 Å². The van der Waals surface area contributed by atoms with Crippen molar-refractivity contribution in [1.82, 2.24) is 20.5 Å². The highest BCUT2D eigenvalue weighted by molar-refractivity contribution is 5.92. The molecule has 2 aromatic heterocycles. The van der Waals surface area contributed by atoms with Gasteiger partial charge in [0.15, 0.2) is 0 Å². The van der Waals surface area contributed by atoms with Gasteiger partial charge in [0.25, 0.3) is 5.91 Å². The van der Waals surface area contributed by atoms with Crippen LogP contribution in [0.4, 0.5) is 4.39 Å². The van der Waals surface area contributed by atoms with Crippen molar-refractivity contribution in [2.24, 2.45) is 5.92 Å². The van der Waals surface area contributed by atoms with E-state index in [0.29, 0.717) is 34.8 Å². The Morgan fingerprint density at radius 3 is 2.81 bits per heavy atom. The topological polar surface area (TPSA) is 79.9 Å². The third-order valence-electron chi connectivity index (χ3n) is 5.07. The van der Waals surface area contributed by atoms with Crippen LogP contribution in [0.5, 0.6) is 5.75 Å². The lowest BCUT2D eigenvalue weighted by Crippen LogP contribution is -2.33. The van der Waals surface area contributed by atoms with Crippen LogP contribution in [0.3, 0.4) is 0 Å². The molecule has 1 fully saturated rings. The summed E-state index contributed by atoms with van der Waals surface area (Å²) in [6.45, 7) is 0.647. The SMILES string of the molecule is O=C(NCC1CCC(Oc2ccnc3c(F)cccc23)CC1)c1ccn[nH]1. The molecule has 3 aromatic rings. The molecule has 2 N–H and O–H groups in total. The van der Waals surface area contributed by atoms with Gasteiger partial charge in [-0.15, -0.1) is 0 Å². The lowest BCUT2D eigenvalue weighted by molar-refractivity contribution is 0.0924. The van der Waals surface area contributed by atoms with Crippen molar-refractivity contribution in [3.63, 3.8) is 0 Å². The number of para-hydroxylation sites is 1. The number of pyridine rings is 1. The first-order valence-electron chi connectivity index (χ1n) is 9.18. The maximum atomic E-state index is 13.9. The van der Waals surface area contributed by atoms with Crippen molar-refractivity contribution >= 4 is 16.8 Å². The number of rotatable bonds is 5. The van der Waals surface area contributed by atoms with Crippen LogP contribution in [0.25, 0.3) is 10.9 Å². The molecule has 4 rings (SSSR count). The molecule has 0 saturated heterocycles. The van der Waals surface area contributed by atoms with E-state index in [1.54, 1.807) is 30.6 Å². The Bertz CT molecular complexity index is 921. The van der Waals surface area contributed by atoms with Gasteiger partial charge in [-0.1, -0.05) is 6.07 Å². The van der Waals surface area contributed by atoms with Crippen molar-refractivity contribution in [2.45, 2.75) is 31.8 Å². The standard InChI is InChI=1S/C20H21FN4O2/c21-16-3-1-2-15-18(9-10-22-19(15)16)27-14-6-4-13(5-7-14)12-23-20(26)17-8-11-24-25-17/h1-3,8-11,13-14H,4-7,12H2,(H,23,26)(H,24,25). The Balaban J connectivity index is 1.31. The van der Waals surface area contributed by atoms with Gasteiger partial charge in [0, 0.05) is 24.3 Å². The number of carbonyl (C=O) groups is 1. The maximum absolute atomic E-state index is 13.9. The van der Waals surface area contributed by atoms with Gasteiger partial charge in [0.1, 0.15) is 22.8 Å². The third kappa shape index (κ3) is 3.92. The molecule has 0 atom stereocenters. The quantitative estimate of drug-likeness (QED) is 0.723. The summed E-state index contributed by atoms with van der Waals surface area (Å²) in [5.41, 5.74) is 0.814. The van der Waals surface area contributed by atoms with Crippen LogP contribution in [0.2, 0.25) is 0 Å². The smallest absolute Gasteiger partial charge is 0.269 e. The second-order valence-electron chi connectivity index (χ2n) is 6.89. The molecule has 1 aromatic carbocycles. The van der Waals surface area contributed by atoms with Crippen LogP contribution in [0.1, 0.15) is 36.2 Å². The van der Waals surface area contributed by atoms with Crippen LogP contribution in [0, 0.1) is 11.7 Å². The molecule has 27 heavy (non-hydrogen) atoms. The van der Waals surface area contributed by atoms with E-state index >= 15 is 0 Å². The Labute approximate surface area is 156 Å². The molecule has 140 valence electrons. The number of nitrogens with zero attached hydrogens (tertiary/aromatic N) is 2. The number of ether oxygens (including phenoxy) is 1. The fourth-order valence-electron chi connectivity index (χ4n) is 3.57. The summed E-state index contributed by atoms with van der Waals surface area (Å²) in [5.74, 6) is 0.643. The molecule has 1 aliphatic carbocycles. The van der Waals surface area contributed by atoms with E-state index in [0.717, 1.165) is 25.7 Å². The number of amides is 1. The molecule has 0 unspecified atom stereocenters. The number of benzene rings is 1. The van der Waals surface area contributed by atoms with Crippen LogP contribution in [-0.4, -0.2) is 33.7 Å². The van der Waals surface area contributed by atoms with E-state index in [2.05, 4.69) is 20.5 Å². The van der Waals surface area contributed by atoms with Gasteiger partial charge in [-0.25, -0.2) is 4.39 Å². The number of halogens is 1. The van der Waals surface area contributed by atoms with Gasteiger partial charge in [-0.05, 0) is 55.9 Å². The first kappa shape index (κ1) is 17.5. The van der Waals surface area contributed by atoms with Crippen molar-refractivity contribution in [1.29, 1.82) is 0 Å². The second kappa shape index (κ2) is 7.73. The van der Waals surface area contributed by atoms with E-state index < -0.39 is 0 Å². The zero-order valence-corrected chi connectivity index (χ0v) is 14.8. The average molecular weight is 368 g/mol. The number of carbonyl (C=O) groups excluding carboxylic acids is 1. The number of nitrogens with one attached hydrogen (secondary N) is 2. The Kier molecular flexibility index (Phi) is 5.00. The second-order valence-corrected chi connectivity index (χ2v) is 6.89. The highest BCUT2D eigenvalue weighted by atomic mass is 19.1. The minimum Gasteiger partial charge on any atom is -0.490 e. The molecule has 0 bridgehead atoms. The largest absolute Gasteiger partial charge is 0.490 e. The molecular weight excluding hydrogens is 347 g/mol. The molecule has 0 radical (unpaired) electrons. The van der Waals surface area contributed by atoms with E-state index in [9.17, 15) is 9.18 Å². The van der Waals surface area contributed by atoms with Crippen LogP contribution >= 0.6 is 0 Å². The zero-order valence-electron chi connectivity index (χ0n) is 14.8. The minimum atomic E-state index is -0.338. The molecule has 6 nitrogen and oxygen atoms in total. The first-order chi connectivity index (χ1) is 13.2. The number of H-pyrrole nitrogens is 1. The van der Waals surface area contributed by atoms with Gasteiger partial charge in [-0.2, -0.15) is 5.10 Å². The highest BCUT2D eigenvalue weighted by Gasteiger charge is 2.23. The van der Waals surface area contributed by atoms with E-state index in [-0.39, 0.29) is 17.8 Å². The van der Waals surface area contributed by atoms with E-state index in [1.807, 2.05) is 6.07 Å². The van der Waals surface area contributed by atoms with E-state index in [1.165, 1.54) is 6.07 Å². The molecule has 1 aliphatic rings. The van der Waals surface area contributed by atoms with Crippen molar-refractivity contribution in [2.75, 3.05) is 6.54 Å². The number of aromatic amines is 1. The predicted octanol–water partition coefficient (Wildman–Crippen LogP) is 3.46. The zero-order chi connectivity index (χ0) is 18.6. The van der Waals surface area contributed by atoms with Gasteiger partial charge >= 0.3 is 0 Å². The molecule has 0 spiro atoms. The molecule has 7 heteroatoms.